The molecule has 0 aromatic carbocycles. The summed E-state index contributed by atoms with van der Waals surface area (Å²) in [5.74, 6) is 0. The lowest BCUT2D eigenvalue weighted by molar-refractivity contribution is -0.0457. The smallest absolute Gasteiger partial charge is 0.0641 e. The number of aliphatic hydroxyl groups is 1. The first kappa shape index (κ1) is 12.0. The summed E-state index contributed by atoms with van der Waals surface area (Å²) in [6, 6.07) is 0. The summed E-state index contributed by atoms with van der Waals surface area (Å²) in [4.78, 5) is 0. The predicted octanol–water partition coefficient (Wildman–Crippen LogP) is 3.22. The molecule has 0 aliphatic rings. The molecule has 0 saturated carbocycles. The van der Waals surface area contributed by atoms with Crippen molar-refractivity contribution in [3.8, 4) is 0 Å². The van der Waals surface area contributed by atoms with Crippen LogP contribution in [0.3, 0.4) is 0 Å². The van der Waals surface area contributed by atoms with E-state index in [1.807, 2.05) is 0 Å². The van der Waals surface area contributed by atoms with Crippen molar-refractivity contribution < 1.29 is 5.11 Å². The zero-order valence-electron chi connectivity index (χ0n) is 9.44. The van der Waals surface area contributed by atoms with E-state index in [-0.39, 0.29) is 16.9 Å². The van der Waals surface area contributed by atoms with Crippen molar-refractivity contribution in [3.05, 3.63) is 0 Å². The van der Waals surface area contributed by atoms with Crippen LogP contribution >= 0.6 is 0 Å². The van der Waals surface area contributed by atoms with Gasteiger partial charge in [0.15, 0.2) is 0 Å². The summed E-state index contributed by atoms with van der Waals surface area (Å²) >= 11 is 0. The van der Waals surface area contributed by atoms with E-state index in [1.54, 1.807) is 0 Å². The zero-order valence-corrected chi connectivity index (χ0v) is 9.44. The molecule has 0 heterocycles. The van der Waals surface area contributed by atoms with Gasteiger partial charge in [-0.1, -0.05) is 41.5 Å². The van der Waals surface area contributed by atoms with E-state index in [2.05, 4.69) is 41.5 Å². The van der Waals surface area contributed by atoms with Gasteiger partial charge in [-0.05, 0) is 23.7 Å². The highest BCUT2D eigenvalue weighted by atomic mass is 16.3. The molecule has 0 amide bonds. The Kier molecular flexibility index (Phi) is 3.77. The molecule has 1 unspecified atom stereocenters. The zero-order chi connectivity index (χ0) is 9.99. The maximum Gasteiger partial charge on any atom is 0.0641 e. The van der Waals surface area contributed by atoms with Gasteiger partial charge < -0.3 is 5.11 Å². The molecule has 0 bridgehead atoms. The summed E-state index contributed by atoms with van der Waals surface area (Å²) < 4.78 is 0. The lowest BCUT2D eigenvalue weighted by Gasteiger charge is -2.40. The highest BCUT2D eigenvalue weighted by Crippen LogP contribution is 2.38. The molecule has 0 fully saturated rings. The predicted molar refractivity (Wildman–Crippen MR) is 54.2 cm³/mol. The molecule has 74 valence electrons. The van der Waals surface area contributed by atoms with Gasteiger partial charge in [-0.25, -0.2) is 0 Å². The third-order valence-electron chi connectivity index (χ3n) is 3.10. The van der Waals surface area contributed by atoms with E-state index in [0.29, 0.717) is 0 Å². The van der Waals surface area contributed by atoms with Gasteiger partial charge in [0.2, 0.25) is 0 Å². The fourth-order valence-corrected chi connectivity index (χ4v) is 1.68. The number of aliphatic hydroxyl groups excluding tert-OH is 1. The van der Waals surface area contributed by atoms with Crippen LogP contribution in [-0.2, 0) is 0 Å². The molecular formula is C11H24O. The minimum Gasteiger partial charge on any atom is -0.392 e. The fraction of sp³-hybridized carbons (Fsp3) is 1.00. The van der Waals surface area contributed by atoms with Gasteiger partial charge in [0.1, 0.15) is 0 Å². The maximum absolute atomic E-state index is 10.1. The largest absolute Gasteiger partial charge is 0.392 e. The highest BCUT2D eigenvalue weighted by molar-refractivity contribution is 4.87. The molecular weight excluding hydrogens is 148 g/mol. The number of rotatable bonds is 3. The first-order valence-corrected chi connectivity index (χ1v) is 4.96. The molecule has 1 atom stereocenters. The minimum absolute atomic E-state index is 0.000764. The van der Waals surface area contributed by atoms with E-state index in [4.69, 9.17) is 0 Å². The number of hydrogen-bond donors (Lipinski definition) is 1. The molecule has 0 rings (SSSR count). The lowest BCUT2D eigenvalue weighted by atomic mass is 9.69. The summed E-state index contributed by atoms with van der Waals surface area (Å²) in [5, 5.41) is 10.1. The maximum atomic E-state index is 10.1. The Morgan fingerprint density at radius 2 is 1.33 bits per heavy atom. The van der Waals surface area contributed by atoms with Crippen molar-refractivity contribution in [2.75, 3.05) is 0 Å². The van der Waals surface area contributed by atoms with Gasteiger partial charge in [0.05, 0.1) is 6.10 Å². The molecule has 12 heavy (non-hydrogen) atoms. The molecule has 0 spiro atoms. The van der Waals surface area contributed by atoms with Gasteiger partial charge in [0.25, 0.3) is 0 Å². The van der Waals surface area contributed by atoms with Crippen molar-refractivity contribution >= 4 is 0 Å². The van der Waals surface area contributed by atoms with Crippen molar-refractivity contribution in [1.82, 2.24) is 0 Å². The fourth-order valence-electron chi connectivity index (χ4n) is 1.68. The van der Waals surface area contributed by atoms with E-state index >= 15 is 0 Å². The van der Waals surface area contributed by atoms with Crippen LogP contribution in [0.4, 0.5) is 0 Å². The van der Waals surface area contributed by atoms with Crippen LogP contribution in [0.1, 0.15) is 54.4 Å². The van der Waals surface area contributed by atoms with Crippen molar-refractivity contribution in [2.45, 2.75) is 60.5 Å². The normalized spacial score (nSPS) is 16.2. The van der Waals surface area contributed by atoms with Gasteiger partial charge in [-0.15, -0.1) is 0 Å². The van der Waals surface area contributed by atoms with Crippen LogP contribution in [0.2, 0.25) is 0 Å². The van der Waals surface area contributed by atoms with Crippen LogP contribution < -0.4 is 0 Å². The molecule has 1 nitrogen and oxygen atoms in total. The first-order chi connectivity index (χ1) is 5.28. The molecule has 0 aliphatic heterocycles. The molecule has 0 aliphatic carbocycles. The van der Waals surface area contributed by atoms with Crippen LogP contribution in [0.25, 0.3) is 0 Å². The second-order valence-electron chi connectivity index (χ2n) is 5.13. The molecule has 0 aromatic heterocycles. The Hall–Kier alpha value is -0.0400. The Labute approximate surface area is 77.2 Å². The second-order valence-corrected chi connectivity index (χ2v) is 5.13. The highest BCUT2D eigenvalue weighted by Gasteiger charge is 2.37. The van der Waals surface area contributed by atoms with Crippen LogP contribution in [-0.4, -0.2) is 11.2 Å². The Morgan fingerprint density at radius 3 is 1.42 bits per heavy atom. The van der Waals surface area contributed by atoms with Crippen molar-refractivity contribution in [1.29, 1.82) is 0 Å². The van der Waals surface area contributed by atoms with Crippen LogP contribution in [0.15, 0.2) is 0 Å². The summed E-state index contributed by atoms with van der Waals surface area (Å²) in [7, 11) is 0. The third kappa shape index (κ3) is 2.48. The quantitative estimate of drug-likeness (QED) is 0.693. The summed E-state index contributed by atoms with van der Waals surface area (Å²) in [6.07, 6.45) is 1.88. The van der Waals surface area contributed by atoms with E-state index in [0.717, 1.165) is 12.8 Å². The summed E-state index contributed by atoms with van der Waals surface area (Å²) in [6.45, 7) is 12.8. The van der Waals surface area contributed by atoms with E-state index < -0.39 is 0 Å². The Balaban J connectivity index is 4.53. The van der Waals surface area contributed by atoms with Gasteiger partial charge in [0, 0.05) is 0 Å². The lowest BCUT2D eigenvalue weighted by Crippen LogP contribution is -2.41. The molecule has 0 saturated heterocycles. The molecule has 0 aromatic rings. The molecule has 1 heteroatoms. The average molecular weight is 172 g/mol. The third-order valence-corrected chi connectivity index (χ3v) is 3.10. The van der Waals surface area contributed by atoms with Gasteiger partial charge >= 0.3 is 0 Å². The van der Waals surface area contributed by atoms with Crippen LogP contribution in [0, 0.1) is 10.8 Å². The second kappa shape index (κ2) is 3.78. The van der Waals surface area contributed by atoms with Gasteiger partial charge in [-0.3, -0.25) is 0 Å². The van der Waals surface area contributed by atoms with Crippen molar-refractivity contribution in [3.63, 3.8) is 0 Å². The number of hydrogen-bond acceptors (Lipinski definition) is 1. The summed E-state index contributed by atoms with van der Waals surface area (Å²) in [5.41, 5.74) is 0.0824. The standard InChI is InChI=1S/C11H24O/c1-7-11(6,8-2)9(12)10(3,4)5/h9,12H,7-8H2,1-6H3. The minimum atomic E-state index is -0.208. The molecule has 1 N–H and O–H groups in total. The monoisotopic (exact) mass is 172 g/mol. The van der Waals surface area contributed by atoms with Crippen molar-refractivity contribution in [2.24, 2.45) is 10.8 Å². The average Bonchev–Trinajstić information content (AvgIpc) is 2.00. The topological polar surface area (TPSA) is 20.2 Å². The SMILES string of the molecule is CCC(C)(CC)C(O)C(C)(C)C. The van der Waals surface area contributed by atoms with Crippen LogP contribution in [0.5, 0.6) is 0 Å². The Morgan fingerprint density at radius 1 is 1.00 bits per heavy atom. The molecule has 0 radical (unpaired) electrons. The Bertz CT molecular complexity index is 128. The van der Waals surface area contributed by atoms with E-state index in [1.165, 1.54) is 0 Å². The van der Waals surface area contributed by atoms with Gasteiger partial charge in [-0.2, -0.15) is 0 Å². The van der Waals surface area contributed by atoms with E-state index in [9.17, 15) is 5.11 Å². The first-order valence-electron chi connectivity index (χ1n) is 4.96.